The zero-order chi connectivity index (χ0) is 17.1. The van der Waals surface area contributed by atoms with Crippen LogP contribution in [0.15, 0.2) is 49.1 Å². The molecule has 0 aromatic carbocycles. The molecule has 4 rings (SSSR count). The summed E-state index contributed by atoms with van der Waals surface area (Å²) >= 11 is 0. The fourth-order valence-electron chi connectivity index (χ4n) is 4.38. The summed E-state index contributed by atoms with van der Waals surface area (Å²) in [6.45, 7) is 3.70. The first kappa shape index (κ1) is 16.2. The van der Waals surface area contributed by atoms with Gasteiger partial charge in [-0.2, -0.15) is 0 Å². The average molecular weight is 336 g/mol. The van der Waals surface area contributed by atoms with Gasteiger partial charge < -0.3 is 4.90 Å². The zero-order valence-electron chi connectivity index (χ0n) is 14.5. The second-order valence-corrected chi connectivity index (χ2v) is 7.18. The van der Waals surface area contributed by atoms with Gasteiger partial charge in [-0.15, -0.1) is 0 Å². The summed E-state index contributed by atoms with van der Waals surface area (Å²) in [4.78, 5) is 25.8. The highest BCUT2D eigenvalue weighted by molar-refractivity contribution is 5.94. The summed E-state index contributed by atoms with van der Waals surface area (Å²) in [6, 6.07) is 7.76. The molecule has 2 aromatic rings. The topological polar surface area (TPSA) is 49.3 Å². The van der Waals surface area contributed by atoms with Gasteiger partial charge in [-0.05, 0) is 56.0 Å². The van der Waals surface area contributed by atoms with Crippen LogP contribution in [0.5, 0.6) is 0 Å². The molecule has 5 heteroatoms. The number of aromatic nitrogens is 2. The van der Waals surface area contributed by atoms with Crippen molar-refractivity contribution in [3.63, 3.8) is 0 Å². The third-order valence-corrected chi connectivity index (χ3v) is 5.61. The van der Waals surface area contributed by atoms with E-state index in [-0.39, 0.29) is 11.4 Å². The van der Waals surface area contributed by atoms with E-state index in [0.29, 0.717) is 0 Å². The summed E-state index contributed by atoms with van der Waals surface area (Å²) in [6.07, 6.45) is 11.8. The Morgan fingerprint density at radius 1 is 1.04 bits per heavy atom. The number of rotatable bonds is 3. The molecular formula is C20H24N4O. The van der Waals surface area contributed by atoms with Crippen LogP contribution >= 0.6 is 0 Å². The molecule has 1 spiro atoms. The number of carbonyl (C=O) groups excluding carboxylic acids is 1. The molecule has 0 N–H and O–H groups in total. The second-order valence-electron chi connectivity index (χ2n) is 7.18. The Kier molecular flexibility index (Phi) is 4.49. The first-order valence-electron chi connectivity index (χ1n) is 9.10. The molecule has 130 valence electrons. The lowest BCUT2D eigenvalue weighted by atomic mass is 9.86. The fourth-order valence-corrected chi connectivity index (χ4v) is 4.38. The lowest BCUT2D eigenvalue weighted by Gasteiger charge is -2.46. The van der Waals surface area contributed by atoms with Crippen LogP contribution in [0.1, 0.15) is 41.6 Å². The monoisotopic (exact) mass is 336 g/mol. The van der Waals surface area contributed by atoms with Gasteiger partial charge in [0.25, 0.3) is 5.91 Å². The molecule has 4 heterocycles. The van der Waals surface area contributed by atoms with Crippen molar-refractivity contribution in [2.75, 3.05) is 19.6 Å². The second kappa shape index (κ2) is 6.92. The van der Waals surface area contributed by atoms with Gasteiger partial charge in [-0.25, -0.2) is 0 Å². The third-order valence-electron chi connectivity index (χ3n) is 5.61. The highest BCUT2D eigenvalue weighted by Gasteiger charge is 2.44. The minimum absolute atomic E-state index is 0.122. The molecule has 2 aliphatic heterocycles. The largest absolute Gasteiger partial charge is 0.337 e. The number of hydrogen-bond acceptors (Lipinski definition) is 4. The van der Waals surface area contributed by atoms with E-state index < -0.39 is 0 Å². The summed E-state index contributed by atoms with van der Waals surface area (Å²) in [5.74, 6) is 0.134. The summed E-state index contributed by atoms with van der Waals surface area (Å²) in [5, 5.41) is 0. The fraction of sp³-hybridized carbons (Fsp3) is 0.450. The van der Waals surface area contributed by atoms with E-state index in [1.165, 1.54) is 24.8 Å². The van der Waals surface area contributed by atoms with Crippen LogP contribution in [0.2, 0.25) is 0 Å². The van der Waals surface area contributed by atoms with Gasteiger partial charge in [-0.3, -0.25) is 19.7 Å². The van der Waals surface area contributed by atoms with Crippen molar-refractivity contribution in [1.82, 2.24) is 19.8 Å². The number of likely N-dealkylation sites (tertiary alicyclic amines) is 2. The number of amides is 1. The first-order valence-corrected chi connectivity index (χ1v) is 9.10. The van der Waals surface area contributed by atoms with Crippen LogP contribution in [0.25, 0.3) is 0 Å². The minimum atomic E-state index is 0.122. The Morgan fingerprint density at radius 3 is 2.60 bits per heavy atom. The Balaban J connectivity index is 1.51. The number of piperidine rings is 1. The Hall–Kier alpha value is -2.27. The van der Waals surface area contributed by atoms with Crippen molar-refractivity contribution in [3.05, 3.63) is 60.2 Å². The lowest BCUT2D eigenvalue weighted by molar-refractivity contribution is 0.0296. The van der Waals surface area contributed by atoms with Gasteiger partial charge in [0.15, 0.2) is 0 Å². The standard InChI is InChI=1S/C20H24N4O/c25-19(18-5-10-21-11-6-18)23-12-2-7-20(16-23)8-3-13-24(20)15-17-4-1-9-22-14-17/h1,4-6,9-11,14H,2-3,7-8,12-13,15-16H2. The SMILES string of the molecule is O=C(c1ccncc1)N1CCCC2(CCCN2Cc2cccnc2)C1. The van der Waals surface area contributed by atoms with Crippen molar-refractivity contribution in [1.29, 1.82) is 0 Å². The smallest absolute Gasteiger partial charge is 0.254 e. The highest BCUT2D eigenvalue weighted by atomic mass is 16.2. The van der Waals surface area contributed by atoms with E-state index in [1.807, 2.05) is 35.5 Å². The average Bonchev–Trinajstić information content (AvgIpc) is 3.04. The van der Waals surface area contributed by atoms with Crippen LogP contribution in [-0.2, 0) is 6.54 Å². The number of nitrogens with zero attached hydrogens (tertiary/aromatic N) is 4. The lowest BCUT2D eigenvalue weighted by Crippen LogP contribution is -2.56. The number of hydrogen-bond donors (Lipinski definition) is 0. The summed E-state index contributed by atoms with van der Waals surface area (Å²) in [7, 11) is 0. The molecule has 25 heavy (non-hydrogen) atoms. The van der Waals surface area contributed by atoms with Crippen LogP contribution in [0.4, 0.5) is 0 Å². The minimum Gasteiger partial charge on any atom is -0.337 e. The Labute approximate surface area is 148 Å². The third kappa shape index (κ3) is 3.29. The van der Waals surface area contributed by atoms with Crippen LogP contribution in [0, 0.1) is 0 Å². The molecule has 2 aliphatic rings. The molecule has 0 radical (unpaired) electrons. The molecular weight excluding hydrogens is 312 g/mol. The van der Waals surface area contributed by atoms with Crippen LogP contribution in [-0.4, -0.2) is 50.8 Å². The van der Waals surface area contributed by atoms with E-state index in [1.54, 1.807) is 12.4 Å². The van der Waals surface area contributed by atoms with Gasteiger partial charge in [0, 0.05) is 55.5 Å². The van der Waals surface area contributed by atoms with Crippen LogP contribution < -0.4 is 0 Å². The van der Waals surface area contributed by atoms with Crippen molar-refractivity contribution in [2.45, 2.75) is 37.8 Å². The van der Waals surface area contributed by atoms with Crippen LogP contribution in [0.3, 0.4) is 0 Å². The predicted molar refractivity (Wildman–Crippen MR) is 96.0 cm³/mol. The van der Waals surface area contributed by atoms with E-state index in [0.717, 1.165) is 38.2 Å². The Morgan fingerprint density at radius 2 is 1.84 bits per heavy atom. The number of carbonyl (C=O) groups is 1. The van der Waals surface area contributed by atoms with Crippen molar-refractivity contribution in [3.8, 4) is 0 Å². The molecule has 1 unspecified atom stereocenters. The summed E-state index contributed by atoms with van der Waals surface area (Å²) < 4.78 is 0. The van der Waals surface area contributed by atoms with E-state index >= 15 is 0 Å². The molecule has 2 aromatic heterocycles. The molecule has 5 nitrogen and oxygen atoms in total. The van der Waals surface area contributed by atoms with Gasteiger partial charge in [0.1, 0.15) is 0 Å². The Bertz CT molecular complexity index is 721. The maximum absolute atomic E-state index is 12.9. The van der Waals surface area contributed by atoms with Gasteiger partial charge in [0.05, 0.1) is 0 Å². The molecule has 2 fully saturated rings. The normalized spacial score (nSPS) is 23.9. The van der Waals surface area contributed by atoms with Crippen molar-refractivity contribution >= 4 is 5.91 Å². The first-order chi connectivity index (χ1) is 12.3. The molecule has 0 aliphatic carbocycles. The van der Waals surface area contributed by atoms with Crippen molar-refractivity contribution < 1.29 is 4.79 Å². The van der Waals surface area contributed by atoms with E-state index in [2.05, 4.69) is 20.9 Å². The maximum Gasteiger partial charge on any atom is 0.254 e. The van der Waals surface area contributed by atoms with E-state index in [9.17, 15) is 4.79 Å². The molecule has 1 amide bonds. The van der Waals surface area contributed by atoms with Gasteiger partial charge in [0.2, 0.25) is 0 Å². The quantitative estimate of drug-likeness (QED) is 0.865. The molecule has 0 bridgehead atoms. The molecule has 0 saturated carbocycles. The maximum atomic E-state index is 12.9. The van der Waals surface area contributed by atoms with E-state index in [4.69, 9.17) is 0 Å². The predicted octanol–water partition coefficient (Wildman–Crippen LogP) is 2.75. The van der Waals surface area contributed by atoms with Crippen molar-refractivity contribution in [2.24, 2.45) is 0 Å². The summed E-state index contributed by atoms with van der Waals surface area (Å²) in [5.41, 5.74) is 2.11. The number of pyridine rings is 2. The molecule has 2 saturated heterocycles. The zero-order valence-corrected chi connectivity index (χ0v) is 14.5. The van der Waals surface area contributed by atoms with Gasteiger partial charge in [-0.1, -0.05) is 6.07 Å². The van der Waals surface area contributed by atoms with Gasteiger partial charge >= 0.3 is 0 Å². The molecule has 1 atom stereocenters. The highest BCUT2D eigenvalue weighted by Crippen LogP contribution is 2.38.